The topological polar surface area (TPSA) is 75.3 Å². The van der Waals surface area contributed by atoms with Gasteiger partial charge in [0, 0.05) is 19.5 Å². The maximum atomic E-state index is 12.1. The molecule has 6 heteroatoms. The molecule has 2 N–H and O–H groups in total. The lowest BCUT2D eigenvalue weighted by atomic mass is 10.2. The first kappa shape index (κ1) is 16.7. The Kier molecular flexibility index (Phi) is 6.16. The summed E-state index contributed by atoms with van der Waals surface area (Å²) in [5.41, 5.74) is 1.72. The van der Waals surface area contributed by atoms with Gasteiger partial charge in [0.15, 0.2) is 0 Å². The Labute approximate surface area is 120 Å². The predicted octanol–water partition coefficient (Wildman–Crippen LogP) is 1.50. The molecular formula is C14H22N2O3S. The highest BCUT2D eigenvalue weighted by Crippen LogP contribution is 2.15. The van der Waals surface area contributed by atoms with E-state index in [0.29, 0.717) is 12.1 Å². The van der Waals surface area contributed by atoms with Crippen LogP contribution < -0.4 is 10.0 Å². The molecule has 20 heavy (non-hydrogen) atoms. The van der Waals surface area contributed by atoms with E-state index in [-0.39, 0.29) is 23.8 Å². The molecule has 0 atom stereocenters. The zero-order valence-corrected chi connectivity index (χ0v) is 13.0. The van der Waals surface area contributed by atoms with Crippen LogP contribution in [-0.4, -0.2) is 27.4 Å². The van der Waals surface area contributed by atoms with Crippen molar-refractivity contribution in [3.8, 4) is 0 Å². The van der Waals surface area contributed by atoms with E-state index in [0.717, 1.165) is 12.0 Å². The Balaban J connectivity index is 2.60. The van der Waals surface area contributed by atoms with Crippen molar-refractivity contribution < 1.29 is 13.2 Å². The minimum absolute atomic E-state index is 0.102. The van der Waals surface area contributed by atoms with Crippen LogP contribution in [0.4, 0.5) is 0 Å². The summed E-state index contributed by atoms with van der Waals surface area (Å²) in [5, 5.41) is 2.70. The molecule has 0 aliphatic rings. The first-order chi connectivity index (χ1) is 9.36. The summed E-state index contributed by atoms with van der Waals surface area (Å²) in [7, 11) is -3.55. The van der Waals surface area contributed by atoms with E-state index in [1.54, 1.807) is 19.1 Å². The van der Waals surface area contributed by atoms with Gasteiger partial charge in [-0.05, 0) is 31.9 Å². The van der Waals surface area contributed by atoms with Gasteiger partial charge in [0.25, 0.3) is 0 Å². The van der Waals surface area contributed by atoms with E-state index < -0.39 is 10.0 Å². The zero-order valence-electron chi connectivity index (χ0n) is 12.2. The van der Waals surface area contributed by atoms with Crippen molar-refractivity contribution in [2.75, 3.05) is 13.1 Å². The van der Waals surface area contributed by atoms with Gasteiger partial charge in [-0.1, -0.05) is 24.6 Å². The zero-order chi connectivity index (χ0) is 15.2. The highest BCUT2D eigenvalue weighted by molar-refractivity contribution is 7.89. The summed E-state index contributed by atoms with van der Waals surface area (Å²) in [6.45, 7) is 6.35. The van der Waals surface area contributed by atoms with Crippen molar-refractivity contribution in [1.29, 1.82) is 0 Å². The molecule has 1 aromatic rings. The van der Waals surface area contributed by atoms with Gasteiger partial charge < -0.3 is 5.32 Å². The molecule has 0 aliphatic carbocycles. The molecule has 1 amide bonds. The lowest BCUT2D eigenvalue weighted by Gasteiger charge is -2.10. The second kappa shape index (κ2) is 7.40. The normalized spacial score (nSPS) is 11.3. The van der Waals surface area contributed by atoms with Crippen LogP contribution in [0.15, 0.2) is 23.1 Å². The lowest BCUT2D eigenvalue weighted by molar-refractivity contribution is -0.120. The number of amides is 1. The van der Waals surface area contributed by atoms with Gasteiger partial charge in [0.05, 0.1) is 4.90 Å². The van der Waals surface area contributed by atoms with Crippen molar-refractivity contribution in [3.63, 3.8) is 0 Å². The maximum Gasteiger partial charge on any atom is 0.240 e. The fourth-order valence-electron chi connectivity index (χ4n) is 1.83. The van der Waals surface area contributed by atoms with Crippen molar-refractivity contribution in [3.05, 3.63) is 29.3 Å². The van der Waals surface area contributed by atoms with Crippen LogP contribution in [0.3, 0.4) is 0 Å². The molecule has 0 spiro atoms. The minimum atomic E-state index is -3.55. The van der Waals surface area contributed by atoms with Gasteiger partial charge in [-0.3, -0.25) is 4.79 Å². The second-order valence-corrected chi connectivity index (χ2v) is 6.50. The number of hydrogen-bond donors (Lipinski definition) is 2. The first-order valence-corrected chi connectivity index (χ1v) is 8.18. The van der Waals surface area contributed by atoms with Gasteiger partial charge >= 0.3 is 0 Å². The molecular weight excluding hydrogens is 276 g/mol. The minimum Gasteiger partial charge on any atom is -0.356 e. The number of carbonyl (C=O) groups excluding carboxylic acids is 1. The second-order valence-electron chi connectivity index (χ2n) is 4.77. The Morgan fingerprint density at radius 3 is 2.50 bits per heavy atom. The number of nitrogens with one attached hydrogen (secondary N) is 2. The van der Waals surface area contributed by atoms with Crippen LogP contribution in [0.5, 0.6) is 0 Å². The fraction of sp³-hybridized carbons (Fsp3) is 0.500. The highest BCUT2D eigenvalue weighted by Gasteiger charge is 2.16. The van der Waals surface area contributed by atoms with E-state index in [2.05, 4.69) is 10.0 Å². The number of rotatable bonds is 7. The average Bonchev–Trinajstić information content (AvgIpc) is 2.35. The number of hydrogen-bond acceptors (Lipinski definition) is 3. The van der Waals surface area contributed by atoms with Gasteiger partial charge in [-0.2, -0.15) is 0 Å². The van der Waals surface area contributed by atoms with E-state index in [1.165, 1.54) is 0 Å². The van der Waals surface area contributed by atoms with Gasteiger partial charge in [-0.15, -0.1) is 0 Å². The number of carbonyl (C=O) groups is 1. The predicted molar refractivity (Wildman–Crippen MR) is 79.0 cm³/mol. The van der Waals surface area contributed by atoms with E-state index in [4.69, 9.17) is 0 Å². The smallest absolute Gasteiger partial charge is 0.240 e. The molecule has 0 saturated carbocycles. The maximum absolute atomic E-state index is 12.1. The molecule has 0 saturated heterocycles. The molecule has 112 valence electrons. The molecule has 1 aromatic carbocycles. The number of sulfonamides is 1. The highest BCUT2D eigenvalue weighted by atomic mass is 32.2. The Hall–Kier alpha value is -1.40. The third-order valence-electron chi connectivity index (χ3n) is 2.84. The molecule has 0 fully saturated rings. The van der Waals surface area contributed by atoms with Gasteiger partial charge in [-0.25, -0.2) is 13.1 Å². The molecule has 0 aromatic heterocycles. The van der Waals surface area contributed by atoms with Crippen molar-refractivity contribution in [1.82, 2.24) is 10.0 Å². The molecule has 0 unspecified atom stereocenters. The molecule has 0 aliphatic heterocycles. The summed E-state index contributed by atoms with van der Waals surface area (Å²) < 4.78 is 26.7. The average molecular weight is 298 g/mol. The lowest BCUT2D eigenvalue weighted by Crippen LogP contribution is -2.31. The van der Waals surface area contributed by atoms with E-state index >= 15 is 0 Å². The standard InChI is InChI=1S/C14H22N2O3S/c1-4-8-15-14(17)7-9-16-20(18,19)13-6-5-11(2)10-12(13)3/h5-6,10,16H,4,7-9H2,1-3H3,(H,15,17). The van der Waals surface area contributed by atoms with Crippen LogP contribution in [0, 0.1) is 13.8 Å². The Morgan fingerprint density at radius 2 is 1.90 bits per heavy atom. The van der Waals surface area contributed by atoms with E-state index in [9.17, 15) is 13.2 Å². The third-order valence-corrected chi connectivity index (χ3v) is 4.46. The van der Waals surface area contributed by atoms with Crippen LogP contribution >= 0.6 is 0 Å². The quantitative estimate of drug-likeness (QED) is 0.801. The Morgan fingerprint density at radius 1 is 1.20 bits per heavy atom. The van der Waals surface area contributed by atoms with Crippen molar-refractivity contribution >= 4 is 15.9 Å². The molecule has 0 bridgehead atoms. The molecule has 1 rings (SSSR count). The van der Waals surface area contributed by atoms with Gasteiger partial charge in [0.2, 0.25) is 15.9 Å². The van der Waals surface area contributed by atoms with Gasteiger partial charge in [0.1, 0.15) is 0 Å². The summed E-state index contributed by atoms with van der Waals surface area (Å²) in [6, 6.07) is 5.17. The molecule has 5 nitrogen and oxygen atoms in total. The number of aryl methyl sites for hydroxylation is 2. The Bertz CT molecular complexity index is 568. The van der Waals surface area contributed by atoms with Crippen molar-refractivity contribution in [2.45, 2.75) is 38.5 Å². The van der Waals surface area contributed by atoms with Crippen LogP contribution in [0.2, 0.25) is 0 Å². The van der Waals surface area contributed by atoms with Crippen LogP contribution in [0.25, 0.3) is 0 Å². The first-order valence-electron chi connectivity index (χ1n) is 6.70. The van der Waals surface area contributed by atoms with Crippen molar-refractivity contribution in [2.24, 2.45) is 0 Å². The molecule has 0 heterocycles. The largest absolute Gasteiger partial charge is 0.356 e. The van der Waals surface area contributed by atoms with Crippen LogP contribution in [0.1, 0.15) is 30.9 Å². The number of benzene rings is 1. The third kappa shape index (κ3) is 4.94. The fourth-order valence-corrected chi connectivity index (χ4v) is 3.09. The summed E-state index contributed by atoms with van der Waals surface area (Å²) in [6.07, 6.45) is 1.00. The van der Waals surface area contributed by atoms with E-state index in [1.807, 2.05) is 19.9 Å². The van der Waals surface area contributed by atoms with Crippen LogP contribution in [-0.2, 0) is 14.8 Å². The summed E-state index contributed by atoms with van der Waals surface area (Å²) in [5.74, 6) is -0.143. The monoisotopic (exact) mass is 298 g/mol. The SMILES string of the molecule is CCCNC(=O)CCNS(=O)(=O)c1ccc(C)cc1C. The summed E-state index contributed by atoms with van der Waals surface area (Å²) in [4.78, 5) is 11.7. The molecule has 0 radical (unpaired) electrons. The summed E-state index contributed by atoms with van der Waals surface area (Å²) >= 11 is 0.